The first-order valence-corrected chi connectivity index (χ1v) is 7.29. The summed E-state index contributed by atoms with van der Waals surface area (Å²) < 4.78 is 40.8. The molecule has 1 aliphatic rings. The summed E-state index contributed by atoms with van der Waals surface area (Å²) in [7, 11) is 1.84. The number of hydrogen-bond donors (Lipinski definition) is 0. The summed E-state index contributed by atoms with van der Waals surface area (Å²) in [4.78, 5) is 10.7. The zero-order valence-corrected chi connectivity index (χ0v) is 12.5. The van der Waals surface area contributed by atoms with Gasteiger partial charge in [0.15, 0.2) is 0 Å². The Morgan fingerprint density at radius 1 is 1.26 bits per heavy atom. The largest absolute Gasteiger partial charge is 0.573 e. The second kappa shape index (κ2) is 6.06. The second-order valence-electron chi connectivity index (χ2n) is 5.60. The summed E-state index contributed by atoms with van der Waals surface area (Å²) >= 11 is 0. The molecule has 0 radical (unpaired) electrons. The summed E-state index contributed by atoms with van der Waals surface area (Å²) in [5, 5.41) is 0. The lowest BCUT2D eigenvalue weighted by molar-refractivity contribution is -0.274. The molecule has 0 atom stereocenters. The summed E-state index contributed by atoms with van der Waals surface area (Å²) in [6, 6.07) is 7.75. The third-order valence-electron chi connectivity index (χ3n) is 3.54. The maximum absolute atomic E-state index is 12.3. The van der Waals surface area contributed by atoms with Gasteiger partial charge in [-0.1, -0.05) is 12.1 Å². The van der Waals surface area contributed by atoms with Gasteiger partial charge in [-0.3, -0.25) is 0 Å². The van der Waals surface area contributed by atoms with Crippen LogP contribution in [0.3, 0.4) is 0 Å². The Bertz CT molecular complexity index is 686. The smallest absolute Gasteiger partial charge is 0.406 e. The Morgan fingerprint density at radius 3 is 2.74 bits per heavy atom. The Morgan fingerprint density at radius 2 is 2.04 bits per heavy atom. The Hall–Kier alpha value is -2.31. The lowest BCUT2D eigenvalue weighted by Crippen LogP contribution is -2.19. The standard InChI is InChI=1S/C16H16F3N3O/c1-22(14-7-8-20-15(21-14)12-5-6-12)10-11-3-2-4-13(9-11)23-16(17,18)19/h2-4,7-9,12H,5-6,10H2,1H3. The maximum atomic E-state index is 12.3. The lowest BCUT2D eigenvalue weighted by atomic mass is 10.2. The van der Waals surface area contributed by atoms with Crippen LogP contribution in [0.4, 0.5) is 19.0 Å². The summed E-state index contributed by atoms with van der Waals surface area (Å²) in [5.74, 6) is 1.82. The first kappa shape index (κ1) is 15.6. The molecule has 0 amide bonds. The number of benzene rings is 1. The quantitative estimate of drug-likeness (QED) is 0.837. The average molecular weight is 323 g/mol. The molecule has 1 aromatic heterocycles. The number of anilines is 1. The van der Waals surface area contributed by atoms with E-state index in [1.807, 2.05) is 11.9 Å². The highest BCUT2D eigenvalue weighted by molar-refractivity contribution is 5.39. The highest BCUT2D eigenvalue weighted by Gasteiger charge is 2.31. The van der Waals surface area contributed by atoms with Crippen LogP contribution in [0.5, 0.6) is 5.75 Å². The van der Waals surface area contributed by atoms with Gasteiger partial charge >= 0.3 is 6.36 Å². The van der Waals surface area contributed by atoms with Gasteiger partial charge in [0.2, 0.25) is 0 Å². The van der Waals surface area contributed by atoms with Gasteiger partial charge in [0, 0.05) is 25.7 Å². The molecule has 0 bridgehead atoms. The third-order valence-corrected chi connectivity index (χ3v) is 3.54. The number of ether oxygens (including phenoxy) is 1. The molecule has 0 spiro atoms. The number of nitrogens with zero attached hydrogens (tertiary/aromatic N) is 3. The molecule has 1 aromatic carbocycles. The topological polar surface area (TPSA) is 38.2 Å². The first-order valence-electron chi connectivity index (χ1n) is 7.29. The van der Waals surface area contributed by atoms with E-state index in [9.17, 15) is 13.2 Å². The van der Waals surface area contributed by atoms with Gasteiger partial charge in [-0.25, -0.2) is 9.97 Å². The minimum atomic E-state index is -4.68. The van der Waals surface area contributed by atoms with E-state index >= 15 is 0 Å². The Labute approximate surface area is 131 Å². The maximum Gasteiger partial charge on any atom is 0.573 e. The normalized spacial score (nSPS) is 14.6. The fraction of sp³-hybridized carbons (Fsp3) is 0.375. The molecule has 0 unspecified atom stereocenters. The van der Waals surface area contributed by atoms with E-state index in [1.165, 1.54) is 12.1 Å². The lowest BCUT2D eigenvalue weighted by Gasteiger charge is -2.19. The molecular formula is C16H16F3N3O. The van der Waals surface area contributed by atoms with Gasteiger partial charge in [-0.15, -0.1) is 13.2 Å². The molecule has 4 nitrogen and oxygen atoms in total. The van der Waals surface area contributed by atoms with E-state index < -0.39 is 6.36 Å². The molecule has 122 valence electrons. The van der Waals surface area contributed by atoms with E-state index in [2.05, 4.69) is 14.7 Å². The first-order chi connectivity index (χ1) is 10.9. The van der Waals surface area contributed by atoms with Gasteiger partial charge in [0.25, 0.3) is 0 Å². The van der Waals surface area contributed by atoms with Crippen LogP contribution < -0.4 is 9.64 Å². The third kappa shape index (κ3) is 4.34. The van der Waals surface area contributed by atoms with Crippen LogP contribution in [0, 0.1) is 0 Å². The van der Waals surface area contributed by atoms with Crippen molar-refractivity contribution in [3.63, 3.8) is 0 Å². The van der Waals surface area contributed by atoms with Gasteiger partial charge < -0.3 is 9.64 Å². The fourth-order valence-electron chi connectivity index (χ4n) is 2.31. The van der Waals surface area contributed by atoms with Crippen molar-refractivity contribution < 1.29 is 17.9 Å². The van der Waals surface area contributed by atoms with Gasteiger partial charge in [0.05, 0.1) is 0 Å². The van der Waals surface area contributed by atoms with E-state index in [-0.39, 0.29) is 5.75 Å². The molecule has 2 aromatic rings. The van der Waals surface area contributed by atoms with Crippen LogP contribution in [0.1, 0.15) is 30.1 Å². The van der Waals surface area contributed by atoms with E-state index in [1.54, 1.807) is 24.4 Å². The molecule has 0 saturated heterocycles. The van der Waals surface area contributed by atoms with Crippen molar-refractivity contribution in [1.29, 1.82) is 0 Å². The number of aromatic nitrogens is 2. The van der Waals surface area contributed by atoms with Crippen LogP contribution >= 0.6 is 0 Å². The molecule has 0 aliphatic heterocycles. The van der Waals surface area contributed by atoms with Crippen molar-refractivity contribution in [2.75, 3.05) is 11.9 Å². The predicted octanol–water partition coefficient (Wildman–Crippen LogP) is 3.89. The highest BCUT2D eigenvalue weighted by atomic mass is 19.4. The van der Waals surface area contributed by atoms with E-state index in [0.717, 1.165) is 24.5 Å². The molecule has 1 heterocycles. The second-order valence-corrected chi connectivity index (χ2v) is 5.60. The zero-order valence-electron chi connectivity index (χ0n) is 12.5. The Kier molecular flexibility index (Phi) is 4.11. The summed E-state index contributed by atoms with van der Waals surface area (Å²) in [5.41, 5.74) is 0.709. The van der Waals surface area contributed by atoms with Crippen molar-refractivity contribution >= 4 is 5.82 Å². The van der Waals surface area contributed by atoms with Crippen LogP contribution in [0.2, 0.25) is 0 Å². The fourth-order valence-corrected chi connectivity index (χ4v) is 2.31. The molecule has 0 N–H and O–H groups in total. The number of halogens is 3. The Balaban J connectivity index is 1.71. The highest BCUT2D eigenvalue weighted by Crippen LogP contribution is 2.38. The van der Waals surface area contributed by atoms with Crippen LogP contribution in [-0.4, -0.2) is 23.4 Å². The average Bonchev–Trinajstić information content (AvgIpc) is 3.30. The number of rotatable bonds is 5. The molecular weight excluding hydrogens is 307 g/mol. The van der Waals surface area contributed by atoms with Crippen LogP contribution in [0.15, 0.2) is 36.5 Å². The molecule has 1 saturated carbocycles. The molecule has 1 aliphatic carbocycles. The number of hydrogen-bond acceptors (Lipinski definition) is 4. The van der Waals surface area contributed by atoms with Crippen molar-refractivity contribution in [3.05, 3.63) is 47.9 Å². The van der Waals surface area contributed by atoms with Crippen molar-refractivity contribution in [3.8, 4) is 5.75 Å². The van der Waals surface area contributed by atoms with Crippen molar-refractivity contribution in [2.24, 2.45) is 0 Å². The van der Waals surface area contributed by atoms with Crippen LogP contribution in [-0.2, 0) is 6.54 Å². The minimum Gasteiger partial charge on any atom is -0.406 e. The monoisotopic (exact) mass is 323 g/mol. The molecule has 23 heavy (non-hydrogen) atoms. The molecule has 1 fully saturated rings. The van der Waals surface area contributed by atoms with Gasteiger partial charge in [-0.2, -0.15) is 0 Å². The van der Waals surface area contributed by atoms with Crippen LogP contribution in [0.25, 0.3) is 0 Å². The molecule has 3 rings (SSSR count). The van der Waals surface area contributed by atoms with Crippen molar-refractivity contribution in [2.45, 2.75) is 31.7 Å². The van der Waals surface area contributed by atoms with E-state index in [4.69, 9.17) is 0 Å². The predicted molar refractivity (Wildman–Crippen MR) is 79.2 cm³/mol. The number of alkyl halides is 3. The zero-order chi connectivity index (χ0) is 16.4. The summed E-state index contributed by atoms with van der Waals surface area (Å²) in [6.07, 6.45) is -0.736. The minimum absolute atomic E-state index is 0.218. The molecule has 7 heteroatoms. The van der Waals surface area contributed by atoms with Gasteiger partial charge in [-0.05, 0) is 36.6 Å². The van der Waals surface area contributed by atoms with E-state index in [0.29, 0.717) is 18.0 Å². The SMILES string of the molecule is CN(Cc1cccc(OC(F)(F)F)c1)c1ccnc(C2CC2)n1. The van der Waals surface area contributed by atoms with Gasteiger partial charge in [0.1, 0.15) is 17.4 Å². The van der Waals surface area contributed by atoms with Crippen molar-refractivity contribution in [1.82, 2.24) is 9.97 Å². The summed E-state index contributed by atoms with van der Waals surface area (Å²) in [6.45, 7) is 0.427.